The molecule has 2 rings (SSSR count). The first kappa shape index (κ1) is 16.2. The van der Waals surface area contributed by atoms with E-state index in [9.17, 15) is 10.2 Å². The van der Waals surface area contributed by atoms with E-state index in [0.717, 1.165) is 0 Å². The second kappa shape index (κ2) is 6.32. The Balaban J connectivity index is 2.49. The van der Waals surface area contributed by atoms with Crippen molar-refractivity contribution in [2.24, 2.45) is 5.92 Å². The number of hydrogen-bond donors (Lipinski definition) is 2. The topological polar surface area (TPSA) is 71.2 Å². The molecule has 114 valence electrons. The summed E-state index contributed by atoms with van der Waals surface area (Å²) >= 11 is 12.1. The summed E-state index contributed by atoms with van der Waals surface area (Å²) in [5, 5.41) is 25.9. The molecule has 21 heavy (non-hydrogen) atoms. The number of rotatable bonds is 5. The lowest BCUT2D eigenvalue weighted by Gasteiger charge is -2.36. The number of halogens is 2. The van der Waals surface area contributed by atoms with E-state index in [1.807, 2.05) is 0 Å². The van der Waals surface area contributed by atoms with Gasteiger partial charge in [0.15, 0.2) is 0 Å². The van der Waals surface area contributed by atoms with Gasteiger partial charge in [-0.05, 0) is 19.1 Å². The molecule has 0 saturated heterocycles. The Morgan fingerprint density at radius 1 is 1.33 bits per heavy atom. The van der Waals surface area contributed by atoms with Gasteiger partial charge in [-0.2, -0.15) is 5.10 Å². The van der Waals surface area contributed by atoms with E-state index < -0.39 is 17.6 Å². The highest BCUT2D eigenvalue weighted by molar-refractivity contribution is 6.35. The van der Waals surface area contributed by atoms with Gasteiger partial charge in [0.25, 0.3) is 0 Å². The number of benzene rings is 1. The van der Waals surface area contributed by atoms with Crippen LogP contribution in [-0.2, 0) is 12.1 Å². The van der Waals surface area contributed by atoms with Crippen LogP contribution >= 0.6 is 23.2 Å². The first-order valence-electron chi connectivity index (χ1n) is 6.53. The zero-order valence-corrected chi connectivity index (χ0v) is 13.3. The van der Waals surface area contributed by atoms with Crippen molar-refractivity contribution < 1.29 is 10.2 Å². The standard InChI is InChI=1S/C14H17Cl2N3O2/c1-9(10(2)20)14(21,6-19-8-17-7-18-19)12-4-3-11(15)5-13(12)16/h3-5,7-10,20-21H,6H2,1-2H3. The van der Waals surface area contributed by atoms with Gasteiger partial charge in [0.1, 0.15) is 18.3 Å². The quantitative estimate of drug-likeness (QED) is 0.884. The van der Waals surface area contributed by atoms with E-state index in [1.54, 1.807) is 32.0 Å². The number of hydrogen-bond acceptors (Lipinski definition) is 4. The second-order valence-corrected chi connectivity index (χ2v) is 6.01. The second-order valence-electron chi connectivity index (χ2n) is 5.17. The van der Waals surface area contributed by atoms with Gasteiger partial charge in [-0.25, -0.2) is 9.67 Å². The minimum absolute atomic E-state index is 0.125. The molecule has 0 bridgehead atoms. The summed E-state index contributed by atoms with van der Waals surface area (Å²) in [6, 6.07) is 4.89. The van der Waals surface area contributed by atoms with E-state index in [4.69, 9.17) is 23.2 Å². The van der Waals surface area contributed by atoms with Crippen molar-refractivity contribution in [3.63, 3.8) is 0 Å². The predicted molar refractivity (Wildman–Crippen MR) is 81.2 cm³/mol. The van der Waals surface area contributed by atoms with Gasteiger partial charge in [0.2, 0.25) is 0 Å². The molecular weight excluding hydrogens is 313 g/mol. The molecule has 0 aliphatic heterocycles. The average molecular weight is 330 g/mol. The van der Waals surface area contributed by atoms with Crippen molar-refractivity contribution in [3.8, 4) is 0 Å². The fraction of sp³-hybridized carbons (Fsp3) is 0.429. The monoisotopic (exact) mass is 329 g/mol. The van der Waals surface area contributed by atoms with E-state index in [-0.39, 0.29) is 6.54 Å². The molecule has 0 spiro atoms. The van der Waals surface area contributed by atoms with Crippen LogP contribution in [-0.4, -0.2) is 31.1 Å². The van der Waals surface area contributed by atoms with E-state index in [1.165, 1.54) is 17.3 Å². The van der Waals surface area contributed by atoms with Crippen LogP contribution in [0, 0.1) is 5.92 Å². The maximum Gasteiger partial charge on any atom is 0.137 e. The first-order valence-corrected chi connectivity index (χ1v) is 7.28. The van der Waals surface area contributed by atoms with Gasteiger partial charge in [-0.1, -0.05) is 36.2 Å². The Morgan fingerprint density at radius 3 is 2.57 bits per heavy atom. The number of aliphatic hydroxyl groups is 2. The van der Waals surface area contributed by atoms with Crippen molar-refractivity contribution in [2.45, 2.75) is 32.1 Å². The summed E-state index contributed by atoms with van der Waals surface area (Å²) in [5.41, 5.74) is -0.902. The third-order valence-electron chi connectivity index (χ3n) is 3.74. The zero-order chi connectivity index (χ0) is 15.6. The summed E-state index contributed by atoms with van der Waals surface area (Å²) in [5.74, 6) is -0.472. The molecule has 0 fully saturated rings. The van der Waals surface area contributed by atoms with Crippen LogP contribution in [0.15, 0.2) is 30.9 Å². The highest BCUT2D eigenvalue weighted by Crippen LogP contribution is 2.38. The zero-order valence-electron chi connectivity index (χ0n) is 11.7. The fourth-order valence-electron chi connectivity index (χ4n) is 2.28. The van der Waals surface area contributed by atoms with Crippen LogP contribution in [0.3, 0.4) is 0 Å². The summed E-state index contributed by atoms with van der Waals surface area (Å²) in [4.78, 5) is 3.86. The summed E-state index contributed by atoms with van der Waals surface area (Å²) < 4.78 is 1.50. The average Bonchev–Trinajstić information content (AvgIpc) is 2.89. The Morgan fingerprint density at radius 2 is 2.05 bits per heavy atom. The SMILES string of the molecule is CC(O)C(C)C(O)(Cn1cncn1)c1ccc(Cl)cc1Cl. The number of nitrogens with zero attached hydrogens (tertiary/aromatic N) is 3. The minimum Gasteiger partial charge on any atom is -0.393 e. The normalized spacial score (nSPS) is 17.2. The van der Waals surface area contributed by atoms with Crippen LogP contribution < -0.4 is 0 Å². The molecule has 5 nitrogen and oxygen atoms in total. The van der Waals surface area contributed by atoms with E-state index >= 15 is 0 Å². The fourth-order valence-corrected chi connectivity index (χ4v) is 2.85. The number of aliphatic hydroxyl groups excluding tert-OH is 1. The molecule has 1 aromatic carbocycles. The molecule has 3 unspecified atom stereocenters. The lowest BCUT2D eigenvalue weighted by atomic mass is 9.79. The Labute approximate surface area is 133 Å². The van der Waals surface area contributed by atoms with E-state index in [2.05, 4.69) is 10.1 Å². The van der Waals surface area contributed by atoms with Gasteiger partial charge in [-0.15, -0.1) is 0 Å². The molecule has 0 amide bonds. The molecule has 0 saturated carbocycles. The summed E-state index contributed by atoms with van der Waals surface area (Å²) in [6.07, 6.45) is 2.16. The van der Waals surface area contributed by atoms with Crippen molar-refractivity contribution in [1.82, 2.24) is 14.8 Å². The molecule has 0 aliphatic carbocycles. The van der Waals surface area contributed by atoms with Crippen LogP contribution in [0.5, 0.6) is 0 Å². The first-order chi connectivity index (χ1) is 9.84. The lowest BCUT2D eigenvalue weighted by molar-refractivity contribution is -0.0778. The van der Waals surface area contributed by atoms with Gasteiger partial charge in [0.05, 0.1) is 12.6 Å². The number of aromatic nitrogens is 3. The molecule has 0 radical (unpaired) electrons. The third-order valence-corrected chi connectivity index (χ3v) is 4.29. The Hall–Kier alpha value is -1.14. The van der Waals surface area contributed by atoms with Crippen molar-refractivity contribution in [3.05, 3.63) is 46.5 Å². The Bertz CT molecular complexity index is 604. The van der Waals surface area contributed by atoms with Crippen molar-refractivity contribution in [1.29, 1.82) is 0 Å². The largest absolute Gasteiger partial charge is 0.393 e. The minimum atomic E-state index is -1.40. The van der Waals surface area contributed by atoms with E-state index in [0.29, 0.717) is 15.6 Å². The molecule has 1 aromatic heterocycles. The van der Waals surface area contributed by atoms with Crippen LogP contribution in [0.4, 0.5) is 0 Å². The van der Waals surface area contributed by atoms with Gasteiger partial charge in [-0.3, -0.25) is 0 Å². The predicted octanol–water partition coefficient (Wildman–Crippen LogP) is 2.49. The molecule has 0 aliphatic rings. The molecule has 2 aromatic rings. The summed E-state index contributed by atoms with van der Waals surface area (Å²) in [6.45, 7) is 3.51. The smallest absolute Gasteiger partial charge is 0.137 e. The van der Waals surface area contributed by atoms with Gasteiger partial charge >= 0.3 is 0 Å². The third kappa shape index (κ3) is 3.37. The maximum atomic E-state index is 11.2. The van der Waals surface area contributed by atoms with Crippen LogP contribution in [0.1, 0.15) is 19.4 Å². The molecule has 2 N–H and O–H groups in total. The lowest BCUT2D eigenvalue weighted by Crippen LogP contribution is -2.43. The molecule has 3 atom stereocenters. The highest BCUT2D eigenvalue weighted by atomic mass is 35.5. The molecular formula is C14H17Cl2N3O2. The maximum absolute atomic E-state index is 11.2. The van der Waals surface area contributed by atoms with Crippen molar-refractivity contribution >= 4 is 23.2 Å². The van der Waals surface area contributed by atoms with Crippen molar-refractivity contribution in [2.75, 3.05) is 0 Å². The Kier molecular flexibility index (Phi) is 4.88. The van der Waals surface area contributed by atoms with Gasteiger partial charge in [0, 0.05) is 21.5 Å². The molecule has 1 heterocycles. The summed E-state index contributed by atoms with van der Waals surface area (Å²) in [7, 11) is 0. The highest BCUT2D eigenvalue weighted by Gasteiger charge is 2.40. The molecule has 7 heteroatoms. The van der Waals surface area contributed by atoms with Crippen LogP contribution in [0.25, 0.3) is 0 Å². The van der Waals surface area contributed by atoms with Crippen LogP contribution in [0.2, 0.25) is 10.0 Å². The van der Waals surface area contributed by atoms with Gasteiger partial charge < -0.3 is 10.2 Å².